The Hall–Kier alpha value is -3.06. The van der Waals surface area contributed by atoms with Crippen molar-refractivity contribution in [3.05, 3.63) is 70.8 Å². The van der Waals surface area contributed by atoms with E-state index in [1.165, 1.54) is 16.9 Å². The van der Waals surface area contributed by atoms with E-state index in [0.717, 1.165) is 27.2 Å². The zero-order valence-electron chi connectivity index (χ0n) is 17.9. The second kappa shape index (κ2) is 7.99. The zero-order valence-corrected chi connectivity index (χ0v) is 18.7. The maximum Gasteiger partial charge on any atom is 0.280 e. The lowest BCUT2D eigenvalue weighted by Gasteiger charge is -2.18. The number of carbonyl (C=O) groups excluding carboxylic acids is 1. The summed E-state index contributed by atoms with van der Waals surface area (Å²) in [6, 6.07) is 12.0. The fourth-order valence-corrected chi connectivity index (χ4v) is 4.75. The van der Waals surface area contributed by atoms with Crippen LogP contribution in [0.5, 0.6) is 0 Å². The quantitative estimate of drug-likeness (QED) is 0.444. The molecule has 0 spiro atoms. The number of benzene rings is 1. The number of hydrogen-bond donors (Lipinski definition) is 0. The standard InChI is InChI=1S/C23H25N5OS/c1-14(2)28-17(5)12-19(26-28)22(29)27(13-18-8-6-7-9-24-18)23-25-21-16(4)10-15(3)11-20(21)30-23/h6-12,14H,13H2,1-5H3. The first-order chi connectivity index (χ1) is 14.3. The number of anilines is 1. The SMILES string of the molecule is Cc1cc(C)c2nc(N(Cc3ccccn3)C(=O)c3cc(C)n(C(C)C)n3)sc2c1. The fourth-order valence-electron chi connectivity index (χ4n) is 3.61. The first-order valence-corrected chi connectivity index (χ1v) is 10.8. The number of thiazole rings is 1. The van der Waals surface area contributed by atoms with Gasteiger partial charge in [-0.05, 0) is 70.0 Å². The Labute approximate surface area is 180 Å². The Kier molecular flexibility index (Phi) is 5.39. The molecule has 0 atom stereocenters. The van der Waals surface area contributed by atoms with Gasteiger partial charge in [0.1, 0.15) is 0 Å². The summed E-state index contributed by atoms with van der Waals surface area (Å²) in [5.41, 5.74) is 5.41. The Morgan fingerprint density at radius 2 is 1.97 bits per heavy atom. The van der Waals surface area contributed by atoms with Crippen LogP contribution in [-0.4, -0.2) is 25.7 Å². The molecule has 0 aliphatic heterocycles. The molecule has 0 unspecified atom stereocenters. The number of pyridine rings is 1. The minimum Gasteiger partial charge on any atom is -0.276 e. The van der Waals surface area contributed by atoms with Crippen molar-refractivity contribution >= 4 is 32.6 Å². The molecular formula is C23H25N5OS. The summed E-state index contributed by atoms with van der Waals surface area (Å²) in [5.74, 6) is -0.170. The maximum atomic E-state index is 13.6. The molecule has 3 heterocycles. The van der Waals surface area contributed by atoms with Crippen LogP contribution in [0, 0.1) is 20.8 Å². The van der Waals surface area contributed by atoms with Crippen LogP contribution in [0.4, 0.5) is 5.13 Å². The van der Waals surface area contributed by atoms with Crippen LogP contribution in [0.15, 0.2) is 42.6 Å². The molecule has 0 N–H and O–H groups in total. The van der Waals surface area contributed by atoms with E-state index < -0.39 is 0 Å². The third kappa shape index (κ3) is 3.85. The molecule has 30 heavy (non-hydrogen) atoms. The summed E-state index contributed by atoms with van der Waals surface area (Å²) in [4.78, 5) is 24.5. The molecule has 0 aliphatic rings. The van der Waals surface area contributed by atoms with Crippen molar-refractivity contribution in [2.75, 3.05) is 4.90 Å². The van der Waals surface area contributed by atoms with Crippen molar-refractivity contribution in [1.82, 2.24) is 19.7 Å². The Morgan fingerprint density at radius 3 is 2.63 bits per heavy atom. The lowest BCUT2D eigenvalue weighted by atomic mass is 10.1. The van der Waals surface area contributed by atoms with Crippen LogP contribution in [0.25, 0.3) is 10.2 Å². The molecule has 0 aliphatic carbocycles. The lowest BCUT2D eigenvalue weighted by molar-refractivity contribution is 0.0979. The third-order valence-corrected chi connectivity index (χ3v) is 6.00. The first-order valence-electron chi connectivity index (χ1n) is 9.99. The lowest BCUT2D eigenvalue weighted by Crippen LogP contribution is -2.31. The largest absolute Gasteiger partial charge is 0.280 e. The predicted octanol–water partition coefficient (Wildman–Crippen LogP) is 5.24. The van der Waals surface area contributed by atoms with E-state index in [1.54, 1.807) is 11.1 Å². The van der Waals surface area contributed by atoms with Gasteiger partial charge in [-0.25, -0.2) is 4.98 Å². The number of nitrogens with zero attached hydrogens (tertiary/aromatic N) is 5. The highest BCUT2D eigenvalue weighted by Crippen LogP contribution is 2.33. The van der Waals surface area contributed by atoms with Crippen LogP contribution in [0.1, 0.15) is 52.9 Å². The number of aromatic nitrogens is 4. The van der Waals surface area contributed by atoms with Gasteiger partial charge in [0.2, 0.25) is 0 Å². The molecule has 3 aromatic heterocycles. The van der Waals surface area contributed by atoms with Crippen LogP contribution < -0.4 is 4.90 Å². The van der Waals surface area contributed by atoms with E-state index in [-0.39, 0.29) is 11.9 Å². The number of hydrogen-bond acceptors (Lipinski definition) is 5. The van der Waals surface area contributed by atoms with Gasteiger partial charge >= 0.3 is 0 Å². The normalized spacial score (nSPS) is 11.4. The van der Waals surface area contributed by atoms with Gasteiger partial charge in [-0.15, -0.1) is 0 Å². The molecule has 0 radical (unpaired) electrons. The minimum atomic E-state index is -0.170. The molecule has 154 valence electrons. The monoisotopic (exact) mass is 419 g/mol. The van der Waals surface area contributed by atoms with Gasteiger partial charge in [-0.2, -0.15) is 5.10 Å². The molecule has 4 rings (SSSR count). The number of carbonyl (C=O) groups is 1. The Morgan fingerprint density at radius 1 is 1.17 bits per heavy atom. The van der Waals surface area contributed by atoms with E-state index in [4.69, 9.17) is 4.98 Å². The van der Waals surface area contributed by atoms with E-state index in [0.29, 0.717) is 17.4 Å². The summed E-state index contributed by atoms with van der Waals surface area (Å²) in [7, 11) is 0. The van der Waals surface area contributed by atoms with Crippen molar-refractivity contribution in [3.8, 4) is 0 Å². The molecule has 7 heteroatoms. The topological polar surface area (TPSA) is 63.9 Å². The number of fused-ring (bicyclic) bond motifs is 1. The van der Waals surface area contributed by atoms with Crippen LogP contribution in [-0.2, 0) is 6.54 Å². The molecular weight excluding hydrogens is 394 g/mol. The van der Waals surface area contributed by atoms with E-state index >= 15 is 0 Å². The first kappa shape index (κ1) is 20.2. The van der Waals surface area contributed by atoms with Crippen LogP contribution in [0.3, 0.4) is 0 Å². The fraction of sp³-hybridized carbons (Fsp3) is 0.304. The van der Waals surface area contributed by atoms with Gasteiger partial charge in [0.25, 0.3) is 5.91 Å². The molecule has 0 saturated carbocycles. The minimum absolute atomic E-state index is 0.170. The molecule has 0 fully saturated rings. The Balaban J connectivity index is 1.79. The van der Waals surface area contributed by atoms with Crippen molar-refractivity contribution < 1.29 is 4.79 Å². The molecule has 4 aromatic rings. The van der Waals surface area contributed by atoms with Crippen LogP contribution in [0.2, 0.25) is 0 Å². The van der Waals surface area contributed by atoms with Crippen molar-refractivity contribution in [2.45, 2.75) is 47.2 Å². The molecule has 1 amide bonds. The molecule has 1 aromatic carbocycles. The summed E-state index contributed by atoms with van der Waals surface area (Å²) in [6.45, 7) is 10.5. The van der Waals surface area contributed by atoms with Crippen molar-refractivity contribution in [3.63, 3.8) is 0 Å². The summed E-state index contributed by atoms with van der Waals surface area (Å²) in [5, 5.41) is 5.22. The van der Waals surface area contributed by atoms with Gasteiger partial charge in [-0.3, -0.25) is 19.4 Å². The highest BCUT2D eigenvalue weighted by atomic mass is 32.1. The van der Waals surface area contributed by atoms with E-state index in [2.05, 4.69) is 49.9 Å². The summed E-state index contributed by atoms with van der Waals surface area (Å²) >= 11 is 1.52. The highest BCUT2D eigenvalue weighted by Gasteiger charge is 2.25. The van der Waals surface area contributed by atoms with Gasteiger partial charge in [0.05, 0.1) is 22.5 Å². The predicted molar refractivity (Wildman–Crippen MR) is 121 cm³/mol. The van der Waals surface area contributed by atoms with Crippen LogP contribution >= 0.6 is 11.3 Å². The van der Waals surface area contributed by atoms with Crippen molar-refractivity contribution in [2.24, 2.45) is 0 Å². The Bertz CT molecular complexity index is 1210. The maximum absolute atomic E-state index is 13.6. The average Bonchev–Trinajstić information content (AvgIpc) is 3.30. The smallest absolute Gasteiger partial charge is 0.276 e. The highest BCUT2D eigenvalue weighted by molar-refractivity contribution is 7.22. The molecule has 0 bridgehead atoms. The van der Waals surface area contributed by atoms with Gasteiger partial charge in [-0.1, -0.05) is 23.5 Å². The third-order valence-electron chi connectivity index (χ3n) is 4.97. The second-order valence-corrected chi connectivity index (χ2v) is 8.86. The zero-order chi connectivity index (χ0) is 21.4. The van der Waals surface area contributed by atoms with Gasteiger partial charge in [0.15, 0.2) is 10.8 Å². The van der Waals surface area contributed by atoms with E-state index in [9.17, 15) is 4.79 Å². The summed E-state index contributed by atoms with van der Waals surface area (Å²) in [6.07, 6.45) is 1.74. The number of aryl methyl sites for hydroxylation is 3. The van der Waals surface area contributed by atoms with Gasteiger partial charge in [0, 0.05) is 17.9 Å². The van der Waals surface area contributed by atoms with Gasteiger partial charge < -0.3 is 0 Å². The second-order valence-electron chi connectivity index (χ2n) is 7.85. The average molecular weight is 420 g/mol. The number of amides is 1. The summed E-state index contributed by atoms with van der Waals surface area (Å²) < 4.78 is 2.95. The number of rotatable bonds is 5. The molecule has 6 nitrogen and oxygen atoms in total. The molecule has 0 saturated heterocycles. The van der Waals surface area contributed by atoms with E-state index in [1.807, 2.05) is 35.9 Å². The van der Waals surface area contributed by atoms with Crippen molar-refractivity contribution in [1.29, 1.82) is 0 Å².